The highest BCUT2D eigenvalue weighted by Gasteiger charge is 2.32. The summed E-state index contributed by atoms with van der Waals surface area (Å²) in [4.78, 5) is 36.9. The van der Waals surface area contributed by atoms with Gasteiger partial charge in [-0.3, -0.25) is 19.2 Å². The van der Waals surface area contributed by atoms with Gasteiger partial charge in [0.25, 0.3) is 5.56 Å². The summed E-state index contributed by atoms with van der Waals surface area (Å²) in [6.45, 7) is 16.6. The van der Waals surface area contributed by atoms with Crippen LogP contribution in [0.3, 0.4) is 0 Å². The summed E-state index contributed by atoms with van der Waals surface area (Å²) in [5.74, 6) is 1.46. The Kier molecular flexibility index (Phi) is 10.6. The van der Waals surface area contributed by atoms with Gasteiger partial charge < -0.3 is 14.8 Å². The summed E-state index contributed by atoms with van der Waals surface area (Å²) >= 11 is 3.78. The van der Waals surface area contributed by atoms with Crippen LogP contribution in [0.5, 0.6) is 5.75 Å². The number of ether oxygens (including phenoxy) is 2. The molecule has 43 heavy (non-hydrogen) atoms. The van der Waals surface area contributed by atoms with Crippen LogP contribution in [0.2, 0.25) is 0 Å². The van der Waals surface area contributed by atoms with Gasteiger partial charge >= 0.3 is 6.09 Å². The first-order chi connectivity index (χ1) is 20.4. The number of methoxy groups -OCH3 is 1. The van der Waals surface area contributed by atoms with Crippen LogP contribution in [0.1, 0.15) is 78.7 Å². The zero-order valence-corrected chi connectivity index (χ0v) is 28.3. The molecule has 9 nitrogen and oxygen atoms in total. The Hall–Kier alpha value is -2.95. The number of amides is 1. The minimum atomic E-state index is -0.696. The standard InChI is InChI=1S/C33H46BrN5O4/c1-9-12-27(37-18-21(3)35-22(4)19-37)30-36-29-25(31(40)38(30)10-2)15-16-26(28(29)34)39(32(41)43-33(5,6)7)20-23-13-11-14-24(17-23)42-8/h11,13-17,21-22,27,35H,9-10,12,18-20H2,1-8H3/t21-,22+,27?. The summed E-state index contributed by atoms with van der Waals surface area (Å²) in [7, 11) is 1.62. The number of aromatic nitrogens is 2. The molecule has 1 amide bonds. The maximum absolute atomic E-state index is 14.0. The van der Waals surface area contributed by atoms with Gasteiger partial charge in [-0.2, -0.15) is 0 Å². The van der Waals surface area contributed by atoms with Gasteiger partial charge in [0.2, 0.25) is 0 Å². The van der Waals surface area contributed by atoms with Crippen molar-refractivity contribution >= 4 is 38.6 Å². The Bertz CT molecular complexity index is 1490. The molecule has 1 aliphatic heterocycles. The summed E-state index contributed by atoms with van der Waals surface area (Å²) < 4.78 is 13.7. The number of nitrogens with one attached hydrogen (secondary N) is 1. The predicted octanol–water partition coefficient (Wildman–Crippen LogP) is 6.65. The second kappa shape index (κ2) is 13.8. The number of benzene rings is 2. The third-order valence-corrected chi connectivity index (χ3v) is 8.44. The first-order valence-electron chi connectivity index (χ1n) is 15.2. The third kappa shape index (κ3) is 7.59. The van der Waals surface area contributed by atoms with Crippen LogP contribution in [0.4, 0.5) is 10.5 Å². The monoisotopic (exact) mass is 655 g/mol. The van der Waals surface area contributed by atoms with E-state index in [4.69, 9.17) is 14.5 Å². The molecule has 1 saturated heterocycles. The van der Waals surface area contributed by atoms with Crippen LogP contribution in [0.15, 0.2) is 45.7 Å². The van der Waals surface area contributed by atoms with Gasteiger partial charge in [0.1, 0.15) is 17.2 Å². The van der Waals surface area contributed by atoms with E-state index in [-0.39, 0.29) is 18.1 Å². The van der Waals surface area contributed by atoms with E-state index < -0.39 is 11.7 Å². The zero-order valence-electron chi connectivity index (χ0n) is 26.7. The maximum atomic E-state index is 14.0. The lowest BCUT2D eigenvalue weighted by Gasteiger charge is -2.41. The second-order valence-corrected chi connectivity index (χ2v) is 13.3. The molecule has 10 heteroatoms. The predicted molar refractivity (Wildman–Crippen MR) is 176 cm³/mol. The van der Waals surface area contributed by atoms with Crippen LogP contribution in [0.25, 0.3) is 10.9 Å². The first kappa shape index (κ1) is 33.0. The Morgan fingerprint density at radius 2 is 1.86 bits per heavy atom. The highest BCUT2D eigenvalue weighted by molar-refractivity contribution is 9.10. The summed E-state index contributed by atoms with van der Waals surface area (Å²) in [5, 5.41) is 4.12. The normalized spacial score (nSPS) is 18.4. The van der Waals surface area contributed by atoms with Crippen molar-refractivity contribution in [2.24, 2.45) is 0 Å². The average molecular weight is 657 g/mol. The number of anilines is 1. The smallest absolute Gasteiger partial charge is 0.415 e. The minimum absolute atomic E-state index is 0.0108. The molecule has 0 saturated carbocycles. The van der Waals surface area contributed by atoms with E-state index in [2.05, 4.69) is 46.9 Å². The van der Waals surface area contributed by atoms with Crippen molar-refractivity contribution in [1.82, 2.24) is 19.8 Å². The fraction of sp³-hybridized carbons (Fsp3) is 0.545. The number of halogens is 1. The topological polar surface area (TPSA) is 88.9 Å². The van der Waals surface area contributed by atoms with Crippen LogP contribution in [-0.4, -0.2) is 58.4 Å². The van der Waals surface area contributed by atoms with Crippen LogP contribution in [0, 0.1) is 0 Å². The molecule has 1 aliphatic rings. The van der Waals surface area contributed by atoms with Gasteiger partial charge in [0, 0.05) is 31.7 Å². The largest absolute Gasteiger partial charge is 0.497 e. The molecule has 0 aliphatic carbocycles. The molecule has 3 atom stereocenters. The summed E-state index contributed by atoms with van der Waals surface area (Å²) in [6, 6.07) is 11.8. The number of nitrogens with zero attached hydrogens (tertiary/aromatic N) is 4. The van der Waals surface area contributed by atoms with Gasteiger partial charge in [-0.15, -0.1) is 0 Å². The fourth-order valence-corrected chi connectivity index (χ4v) is 6.57. The third-order valence-electron chi connectivity index (χ3n) is 7.66. The summed E-state index contributed by atoms with van der Waals surface area (Å²) in [5.41, 5.74) is 1.21. The number of rotatable bonds is 9. The van der Waals surface area contributed by atoms with Gasteiger partial charge in [-0.05, 0) is 93.7 Å². The van der Waals surface area contributed by atoms with Crippen molar-refractivity contribution in [3.63, 3.8) is 0 Å². The highest BCUT2D eigenvalue weighted by atomic mass is 79.9. The Morgan fingerprint density at radius 1 is 1.16 bits per heavy atom. The lowest BCUT2D eigenvalue weighted by molar-refractivity contribution is 0.0577. The van der Waals surface area contributed by atoms with Crippen molar-refractivity contribution in [2.45, 2.75) is 98.1 Å². The van der Waals surface area contributed by atoms with Gasteiger partial charge in [-0.1, -0.05) is 25.5 Å². The molecule has 1 unspecified atom stereocenters. The average Bonchev–Trinajstić information content (AvgIpc) is 2.94. The lowest BCUT2D eigenvalue weighted by Crippen LogP contribution is -2.55. The first-order valence-corrected chi connectivity index (χ1v) is 16.0. The molecule has 234 valence electrons. The number of hydrogen-bond acceptors (Lipinski definition) is 7. The Morgan fingerprint density at radius 3 is 2.47 bits per heavy atom. The van der Waals surface area contributed by atoms with Gasteiger partial charge in [0.05, 0.1) is 40.8 Å². The second-order valence-electron chi connectivity index (χ2n) is 12.5. The molecule has 0 bridgehead atoms. The molecule has 2 heterocycles. The van der Waals surface area contributed by atoms with Crippen molar-refractivity contribution in [1.29, 1.82) is 0 Å². The fourth-order valence-electron chi connectivity index (χ4n) is 5.92. The maximum Gasteiger partial charge on any atom is 0.415 e. The molecule has 1 fully saturated rings. The van der Waals surface area contributed by atoms with E-state index >= 15 is 0 Å². The molecule has 2 aromatic carbocycles. The van der Waals surface area contributed by atoms with E-state index in [9.17, 15) is 9.59 Å². The quantitative estimate of drug-likeness (QED) is 0.276. The number of fused-ring (bicyclic) bond motifs is 1. The molecule has 0 radical (unpaired) electrons. The zero-order chi connectivity index (χ0) is 31.5. The summed E-state index contributed by atoms with van der Waals surface area (Å²) in [6.07, 6.45) is 1.35. The van der Waals surface area contributed by atoms with Crippen LogP contribution < -0.4 is 20.5 Å². The van der Waals surface area contributed by atoms with Crippen molar-refractivity contribution in [3.8, 4) is 5.75 Å². The number of carbonyl (C=O) groups is 1. The van der Waals surface area contributed by atoms with Crippen molar-refractivity contribution in [2.75, 3.05) is 25.1 Å². The van der Waals surface area contributed by atoms with Crippen LogP contribution in [-0.2, 0) is 17.8 Å². The van der Waals surface area contributed by atoms with Gasteiger partial charge in [-0.25, -0.2) is 9.78 Å². The van der Waals surface area contributed by atoms with Crippen molar-refractivity contribution in [3.05, 3.63) is 62.6 Å². The molecular formula is C33H46BrN5O4. The number of piperazine rings is 1. The van der Waals surface area contributed by atoms with E-state index in [1.807, 2.05) is 56.5 Å². The van der Waals surface area contributed by atoms with E-state index in [0.29, 0.717) is 45.4 Å². The minimum Gasteiger partial charge on any atom is -0.497 e. The Labute approximate surface area is 263 Å². The number of hydrogen-bond donors (Lipinski definition) is 1. The van der Waals surface area contributed by atoms with E-state index in [1.54, 1.807) is 24.1 Å². The highest BCUT2D eigenvalue weighted by Crippen LogP contribution is 2.36. The number of carbonyl (C=O) groups excluding carboxylic acids is 1. The molecule has 0 spiro atoms. The van der Waals surface area contributed by atoms with E-state index in [1.165, 1.54) is 0 Å². The van der Waals surface area contributed by atoms with Crippen molar-refractivity contribution < 1.29 is 14.3 Å². The van der Waals surface area contributed by atoms with Gasteiger partial charge in [0.15, 0.2) is 0 Å². The molecular weight excluding hydrogens is 610 g/mol. The van der Waals surface area contributed by atoms with Crippen LogP contribution >= 0.6 is 15.9 Å². The molecule has 4 rings (SSSR count). The molecule has 3 aromatic rings. The Balaban J connectivity index is 1.88. The molecule has 1 aromatic heterocycles. The lowest BCUT2D eigenvalue weighted by atomic mass is 10.0. The molecule has 1 N–H and O–H groups in total. The van der Waals surface area contributed by atoms with E-state index in [0.717, 1.165) is 37.3 Å². The SMILES string of the molecule is CCCC(c1nc2c(Br)c(N(Cc3cccc(OC)c3)C(=O)OC(C)(C)C)ccc2c(=O)n1CC)N1C[C@@H](C)N[C@@H](C)C1.